The van der Waals surface area contributed by atoms with Gasteiger partial charge in [0, 0.05) is 42.8 Å². The third-order valence-corrected chi connectivity index (χ3v) is 21.6. The van der Waals surface area contributed by atoms with Gasteiger partial charge in [0.1, 0.15) is 29.4 Å². The smallest absolute Gasteiger partial charge is 0.380 e. The summed E-state index contributed by atoms with van der Waals surface area (Å²) in [5, 5.41) is 5.71. The lowest BCUT2D eigenvalue weighted by Crippen LogP contribution is -2.51. The van der Waals surface area contributed by atoms with Crippen LogP contribution in [0.1, 0.15) is 245 Å². The van der Waals surface area contributed by atoms with Gasteiger partial charge in [0.2, 0.25) is 5.75 Å². The first-order valence-electron chi connectivity index (χ1n) is 37.9. The second kappa shape index (κ2) is 39.5. The molecule has 3 heterocycles. The molecule has 10 nitrogen and oxygen atoms in total. The Bertz CT molecular complexity index is 3880. The summed E-state index contributed by atoms with van der Waals surface area (Å²) in [6.45, 7) is 11.3. The molecule has 1 saturated heterocycles. The number of rotatable bonds is 46. The molecule has 1 aliphatic carbocycles. The summed E-state index contributed by atoms with van der Waals surface area (Å²) in [6, 6.07) is 30.0. The van der Waals surface area contributed by atoms with Crippen LogP contribution in [0.3, 0.4) is 0 Å². The molecule has 0 bridgehead atoms. The van der Waals surface area contributed by atoms with Gasteiger partial charge < -0.3 is 23.7 Å². The molecular weight excluding hydrogens is 1360 g/mol. The van der Waals surface area contributed by atoms with Gasteiger partial charge in [-0.05, 0) is 138 Å². The minimum atomic E-state index is -5.75. The third kappa shape index (κ3) is 21.8. The Morgan fingerprint density at radius 1 is 0.408 bits per heavy atom. The number of fused-ring (bicyclic) bond motifs is 1. The normalized spacial score (nSPS) is 14.7. The van der Waals surface area contributed by atoms with Gasteiger partial charge in [0.25, 0.3) is 11.8 Å². The zero-order valence-corrected chi connectivity index (χ0v) is 62.5. The van der Waals surface area contributed by atoms with Crippen molar-refractivity contribution in [1.82, 2.24) is 10.6 Å². The van der Waals surface area contributed by atoms with Crippen LogP contribution in [0.5, 0.6) is 34.5 Å². The second-order valence-electron chi connectivity index (χ2n) is 27.7. The Labute approximate surface area is 613 Å². The average Bonchev–Trinajstić information content (AvgIpc) is 1.53. The number of ether oxygens (including phenoxy) is 5. The molecule has 0 unspecified atom stereocenters. The van der Waals surface area contributed by atoms with Crippen LogP contribution in [0.2, 0.25) is 0 Å². The highest BCUT2D eigenvalue weighted by Crippen LogP contribution is 2.66. The molecule has 1 fully saturated rings. The summed E-state index contributed by atoms with van der Waals surface area (Å²) < 4.78 is 130. The van der Waals surface area contributed by atoms with Crippen molar-refractivity contribution in [3.8, 4) is 55.4 Å². The van der Waals surface area contributed by atoms with Gasteiger partial charge in [-0.25, -0.2) is 4.79 Å². The number of carbonyl (C=O) groups is 3. The van der Waals surface area contributed by atoms with E-state index in [1.165, 1.54) is 167 Å². The Morgan fingerprint density at radius 3 is 1.24 bits per heavy atom. The standard InChI is InChI=1S/C85H104F6N2O8S2/c1-6-9-12-15-18-21-24-27-30-33-48-97-73-54-69(55-74(98-49-34-31-28-25-22-19-16-13-10-7-2)79(73)99-50-35-32-29-26-23-20-17-14-11-8-3)101-67-45-42-64(43-46-67)76-57-71(60(5)103-76)78-77(83(86,87)85(90,91)84(78,88)89)70-56-75(102-59(70)4)63-39-36-61(37-40-63)58-100-68-47-44-65-51-62(38-41-66(65)53-68)52-72-80(94)92-82(96)93-81(72)95/h36-47,51-57H,6-35,48-50,58H2,1-5H3,(H2,92,93,94,95,96). The van der Waals surface area contributed by atoms with Crippen LogP contribution in [-0.2, 0) is 16.2 Å². The largest absolute Gasteiger partial charge is 0.489 e. The lowest BCUT2D eigenvalue weighted by Gasteiger charge is -2.25. The van der Waals surface area contributed by atoms with E-state index in [0.29, 0.717) is 80.8 Å². The van der Waals surface area contributed by atoms with Gasteiger partial charge >= 0.3 is 23.8 Å². The monoisotopic (exact) mass is 1460 g/mol. The van der Waals surface area contributed by atoms with Crippen LogP contribution in [0.4, 0.5) is 31.1 Å². The number of alkyl halides is 6. The van der Waals surface area contributed by atoms with Crippen molar-refractivity contribution in [2.24, 2.45) is 0 Å². The van der Waals surface area contributed by atoms with E-state index in [2.05, 4.69) is 31.4 Å². The zero-order chi connectivity index (χ0) is 73.2. The Balaban J connectivity index is 0.900. The highest BCUT2D eigenvalue weighted by atomic mass is 32.1. The lowest BCUT2D eigenvalue weighted by atomic mass is 9.94. The number of hydrogen-bond donors (Lipinski definition) is 2. The van der Waals surface area contributed by atoms with Crippen LogP contribution < -0.4 is 34.3 Å². The van der Waals surface area contributed by atoms with E-state index in [-0.39, 0.29) is 33.1 Å². The fourth-order valence-electron chi connectivity index (χ4n) is 13.4. The molecule has 1 aliphatic heterocycles. The fourth-order valence-corrected chi connectivity index (χ4v) is 15.5. The molecule has 2 N–H and O–H groups in total. The number of urea groups is 1. The van der Waals surface area contributed by atoms with E-state index in [4.69, 9.17) is 23.7 Å². The third-order valence-electron chi connectivity index (χ3n) is 19.4. The van der Waals surface area contributed by atoms with E-state index in [1.54, 1.807) is 72.8 Å². The minimum absolute atomic E-state index is 0.136. The Morgan fingerprint density at radius 2 is 0.796 bits per heavy atom. The molecule has 2 aromatic heterocycles. The molecule has 0 atom stereocenters. The topological polar surface area (TPSA) is 121 Å². The van der Waals surface area contributed by atoms with Crippen LogP contribution in [-0.4, -0.2) is 55.4 Å². The van der Waals surface area contributed by atoms with Crippen molar-refractivity contribution < 1.29 is 64.4 Å². The summed E-state index contributed by atoms with van der Waals surface area (Å²) in [5.74, 6) is -14.7. The van der Waals surface area contributed by atoms with Crippen LogP contribution in [0.15, 0.2) is 115 Å². The Kier molecular flexibility index (Phi) is 30.5. The maximum Gasteiger partial charge on any atom is 0.380 e. The first-order valence-corrected chi connectivity index (χ1v) is 39.6. The van der Waals surface area contributed by atoms with E-state index >= 15 is 26.3 Å². The fraction of sp³-hybridized carbons (Fsp3) is 0.494. The molecule has 7 aromatic rings. The maximum atomic E-state index is 16.5. The first-order chi connectivity index (χ1) is 49.8. The zero-order valence-electron chi connectivity index (χ0n) is 60.9. The van der Waals surface area contributed by atoms with Crippen LogP contribution in [0.25, 0.3) is 48.9 Å². The number of carbonyl (C=O) groups excluding carboxylic acids is 3. The summed E-state index contributed by atoms with van der Waals surface area (Å²) in [4.78, 5) is 37.2. The molecule has 5 aromatic carbocycles. The van der Waals surface area contributed by atoms with Gasteiger partial charge in [-0.2, -0.15) is 26.3 Å². The molecule has 9 rings (SSSR count). The molecule has 0 radical (unpaired) electrons. The predicted octanol–water partition coefficient (Wildman–Crippen LogP) is 25.8. The average molecular weight is 1460 g/mol. The van der Waals surface area contributed by atoms with E-state index in [9.17, 15) is 14.4 Å². The van der Waals surface area contributed by atoms with Gasteiger partial charge in [0.15, 0.2) is 11.5 Å². The summed E-state index contributed by atoms with van der Waals surface area (Å²) >= 11 is 2.09. The quantitative estimate of drug-likeness (QED) is 0.0167. The number of amides is 4. The van der Waals surface area contributed by atoms with E-state index in [1.807, 2.05) is 24.3 Å². The molecular formula is C85H104F6N2O8S2. The summed E-state index contributed by atoms with van der Waals surface area (Å²) in [5.41, 5.74) is -1.36. The van der Waals surface area contributed by atoms with Crippen molar-refractivity contribution in [1.29, 1.82) is 0 Å². The van der Waals surface area contributed by atoms with Crippen molar-refractivity contribution in [3.05, 3.63) is 147 Å². The molecule has 556 valence electrons. The van der Waals surface area contributed by atoms with Gasteiger partial charge in [-0.3, -0.25) is 20.2 Å². The minimum Gasteiger partial charge on any atom is -0.489 e. The number of barbiturate groups is 1. The molecule has 0 spiro atoms. The number of benzene rings is 5. The van der Waals surface area contributed by atoms with Crippen molar-refractivity contribution in [2.75, 3.05) is 19.8 Å². The van der Waals surface area contributed by atoms with Gasteiger partial charge in [-0.1, -0.05) is 237 Å². The van der Waals surface area contributed by atoms with Gasteiger partial charge in [-0.15, -0.1) is 22.7 Å². The van der Waals surface area contributed by atoms with Crippen LogP contribution >= 0.6 is 22.7 Å². The SMILES string of the molecule is CCCCCCCCCCCCOc1cc(Oc2ccc(-c3cc(C4=C(c5cc(-c6ccc(COc7ccc8cc(C=C9C(=O)NC(=O)NC9=O)ccc8c7)cc6)sc5C)C(F)(F)C(F)(F)C4(F)F)c(C)s3)cc2)cc(OCCCCCCCCCCCC)c1OCCCCCCCCCCCC. The van der Waals surface area contributed by atoms with Gasteiger partial charge in [0.05, 0.1) is 19.8 Å². The van der Waals surface area contributed by atoms with Crippen LogP contribution in [0, 0.1) is 13.8 Å². The number of aryl methyl sites for hydroxylation is 2. The second-order valence-corrected chi connectivity index (χ2v) is 30.2. The summed E-state index contributed by atoms with van der Waals surface area (Å²) in [6.07, 6.45) is 37.4. The number of hydrogen-bond acceptors (Lipinski definition) is 10. The number of halogens is 6. The molecule has 0 saturated carbocycles. The van der Waals surface area contributed by atoms with Crippen molar-refractivity contribution >= 4 is 68.5 Å². The number of nitrogens with one attached hydrogen (secondary N) is 2. The highest BCUT2D eigenvalue weighted by Gasteiger charge is 2.80. The maximum absolute atomic E-state index is 16.5. The summed E-state index contributed by atoms with van der Waals surface area (Å²) in [7, 11) is 0. The number of thiophene rings is 2. The number of unbranched alkanes of at least 4 members (excludes halogenated alkanes) is 27. The molecule has 4 amide bonds. The molecule has 103 heavy (non-hydrogen) atoms. The van der Waals surface area contributed by atoms with Crippen molar-refractivity contribution in [3.63, 3.8) is 0 Å². The Hall–Kier alpha value is -7.57. The van der Waals surface area contributed by atoms with E-state index < -0.39 is 46.8 Å². The molecule has 18 heteroatoms. The predicted molar refractivity (Wildman–Crippen MR) is 407 cm³/mol. The first kappa shape index (κ1) is 79.5. The number of allylic oxidation sites excluding steroid dienone is 2. The number of imide groups is 2. The highest BCUT2D eigenvalue weighted by molar-refractivity contribution is 7.16. The lowest BCUT2D eigenvalue weighted by molar-refractivity contribution is -0.254. The molecule has 2 aliphatic rings. The van der Waals surface area contributed by atoms with E-state index in [0.717, 1.165) is 96.8 Å². The van der Waals surface area contributed by atoms with Crippen molar-refractivity contribution in [2.45, 2.75) is 252 Å².